The van der Waals surface area contributed by atoms with E-state index >= 15 is 0 Å². The SMILES string of the molecule is N[C@H]1CC[C@H](N2CC[C@@H](F)C2)CC1. The number of likely N-dealkylation sites (tertiary alicyclic amines) is 1. The molecule has 1 saturated carbocycles. The van der Waals surface area contributed by atoms with E-state index in [0.717, 1.165) is 25.8 Å². The zero-order valence-electron chi connectivity index (χ0n) is 8.08. The normalized spacial score (nSPS) is 42.5. The van der Waals surface area contributed by atoms with Gasteiger partial charge in [0.05, 0.1) is 0 Å². The van der Waals surface area contributed by atoms with Crippen LogP contribution >= 0.6 is 0 Å². The molecule has 0 radical (unpaired) electrons. The van der Waals surface area contributed by atoms with Gasteiger partial charge in [-0.05, 0) is 32.1 Å². The highest BCUT2D eigenvalue weighted by Crippen LogP contribution is 2.25. The highest BCUT2D eigenvalue weighted by atomic mass is 19.1. The minimum atomic E-state index is -0.574. The molecular weight excluding hydrogens is 167 g/mol. The second-order valence-electron chi connectivity index (χ2n) is 4.45. The van der Waals surface area contributed by atoms with Gasteiger partial charge in [0.25, 0.3) is 0 Å². The van der Waals surface area contributed by atoms with Gasteiger partial charge in [-0.15, -0.1) is 0 Å². The molecular formula is C10H19FN2. The first kappa shape index (κ1) is 9.41. The van der Waals surface area contributed by atoms with Gasteiger partial charge >= 0.3 is 0 Å². The molecule has 0 aromatic carbocycles. The number of nitrogens with zero attached hydrogens (tertiary/aromatic N) is 1. The molecule has 3 heteroatoms. The first-order chi connectivity index (χ1) is 6.25. The number of hydrogen-bond acceptors (Lipinski definition) is 2. The van der Waals surface area contributed by atoms with Crippen molar-refractivity contribution >= 4 is 0 Å². The Morgan fingerprint density at radius 3 is 2.31 bits per heavy atom. The topological polar surface area (TPSA) is 29.3 Å². The van der Waals surface area contributed by atoms with E-state index in [1.54, 1.807) is 0 Å². The highest BCUT2D eigenvalue weighted by Gasteiger charge is 2.30. The average Bonchev–Trinajstić information content (AvgIpc) is 2.53. The maximum Gasteiger partial charge on any atom is 0.114 e. The Morgan fingerprint density at radius 1 is 1.08 bits per heavy atom. The number of rotatable bonds is 1. The third-order valence-corrected chi connectivity index (χ3v) is 3.42. The predicted molar refractivity (Wildman–Crippen MR) is 51.3 cm³/mol. The molecule has 0 spiro atoms. The summed E-state index contributed by atoms with van der Waals surface area (Å²) in [7, 11) is 0. The summed E-state index contributed by atoms with van der Waals surface area (Å²) in [5.74, 6) is 0. The Balaban J connectivity index is 1.81. The van der Waals surface area contributed by atoms with E-state index in [-0.39, 0.29) is 0 Å². The van der Waals surface area contributed by atoms with Crippen molar-refractivity contribution in [3.8, 4) is 0 Å². The molecule has 1 heterocycles. The van der Waals surface area contributed by atoms with Crippen LogP contribution in [0.5, 0.6) is 0 Å². The first-order valence-electron chi connectivity index (χ1n) is 5.39. The zero-order valence-corrected chi connectivity index (χ0v) is 8.08. The fourth-order valence-electron chi connectivity index (χ4n) is 2.54. The predicted octanol–water partition coefficient (Wildman–Crippen LogP) is 1.30. The van der Waals surface area contributed by atoms with E-state index in [4.69, 9.17) is 5.73 Å². The summed E-state index contributed by atoms with van der Waals surface area (Å²) >= 11 is 0. The monoisotopic (exact) mass is 186 g/mol. The van der Waals surface area contributed by atoms with Crippen molar-refractivity contribution < 1.29 is 4.39 Å². The van der Waals surface area contributed by atoms with Gasteiger partial charge < -0.3 is 5.73 Å². The third kappa shape index (κ3) is 2.20. The molecule has 2 fully saturated rings. The van der Waals surface area contributed by atoms with E-state index in [0.29, 0.717) is 18.6 Å². The van der Waals surface area contributed by atoms with Gasteiger partial charge in [-0.3, -0.25) is 4.90 Å². The molecule has 2 N–H and O–H groups in total. The molecule has 13 heavy (non-hydrogen) atoms. The van der Waals surface area contributed by atoms with Crippen LogP contribution in [0, 0.1) is 0 Å². The minimum Gasteiger partial charge on any atom is -0.328 e. The molecule has 0 bridgehead atoms. The van der Waals surface area contributed by atoms with Crippen LogP contribution < -0.4 is 5.73 Å². The standard InChI is InChI=1S/C10H19FN2/c11-8-5-6-13(7-8)10-3-1-9(12)2-4-10/h8-10H,1-7,12H2/t8-,9-,10-/m1/s1. The van der Waals surface area contributed by atoms with Crippen LogP contribution in [0.15, 0.2) is 0 Å². The number of alkyl halides is 1. The van der Waals surface area contributed by atoms with Crippen molar-refractivity contribution in [2.45, 2.75) is 50.4 Å². The molecule has 1 aliphatic carbocycles. The molecule has 2 aliphatic rings. The van der Waals surface area contributed by atoms with Gasteiger partial charge in [0.2, 0.25) is 0 Å². The van der Waals surface area contributed by atoms with Crippen molar-refractivity contribution in [1.29, 1.82) is 0 Å². The molecule has 0 aromatic rings. The van der Waals surface area contributed by atoms with Gasteiger partial charge in [-0.1, -0.05) is 0 Å². The second-order valence-corrected chi connectivity index (χ2v) is 4.45. The summed E-state index contributed by atoms with van der Waals surface area (Å²) in [6, 6.07) is 1.03. The zero-order chi connectivity index (χ0) is 9.26. The Labute approximate surface area is 79.3 Å². The molecule has 0 aromatic heterocycles. The number of nitrogens with two attached hydrogens (primary N) is 1. The van der Waals surface area contributed by atoms with E-state index < -0.39 is 6.17 Å². The summed E-state index contributed by atoms with van der Waals surface area (Å²) in [6.45, 7) is 1.63. The molecule has 2 rings (SSSR count). The summed E-state index contributed by atoms with van der Waals surface area (Å²) < 4.78 is 12.9. The fourth-order valence-corrected chi connectivity index (χ4v) is 2.54. The summed E-state index contributed by atoms with van der Waals surface area (Å²) in [5, 5.41) is 0. The molecule has 76 valence electrons. The molecule has 1 saturated heterocycles. The fraction of sp³-hybridized carbons (Fsp3) is 1.00. The van der Waals surface area contributed by atoms with Crippen LogP contribution in [0.4, 0.5) is 4.39 Å². The van der Waals surface area contributed by atoms with Crippen molar-refractivity contribution in [2.75, 3.05) is 13.1 Å². The van der Waals surface area contributed by atoms with Gasteiger partial charge in [-0.25, -0.2) is 4.39 Å². The van der Waals surface area contributed by atoms with Gasteiger partial charge in [0.15, 0.2) is 0 Å². The largest absolute Gasteiger partial charge is 0.328 e. The van der Waals surface area contributed by atoms with Crippen LogP contribution in [-0.2, 0) is 0 Å². The Hall–Kier alpha value is -0.150. The Morgan fingerprint density at radius 2 is 1.77 bits per heavy atom. The lowest BCUT2D eigenvalue weighted by Crippen LogP contribution is -2.39. The third-order valence-electron chi connectivity index (χ3n) is 3.42. The Bertz CT molecular complexity index is 166. The number of halogens is 1. The lowest BCUT2D eigenvalue weighted by Gasteiger charge is -2.33. The van der Waals surface area contributed by atoms with Crippen LogP contribution in [0.1, 0.15) is 32.1 Å². The number of hydrogen-bond donors (Lipinski definition) is 1. The smallest absolute Gasteiger partial charge is 0.114 e. The average molecular weight is 186 g/mol. The molecule has 2 nitrogen and oxygen atoms in total. The molecule has 1 aliphatic heterocycles. The summed E-state index contributed by atoms with van der Waals surface area (Å²) in [6.07, 6.45) is 4.76. The quantitative estimate of drug-likeness (QED) is 0.669. The van der Waals surface area contributed by atoms with Crippen LogP contribution in [0.25, 0.3) is 0 Å². The van der Waals surface area contributed by atoms with Gasteiger partial charge in [0.1, 0.15) is 6.17 Å². The van der Waals surface area contributed by atoms with Crippen molar-refractivity contribution in [1.82, 2.24) is 4.90 Å². The van der Waals surface area contributed by atoms with Crippen LogP contribution in [0.2, 0.25) is 0 Å². The van der Waals surface area contributed by atoms with Crippen molar-refractivity contribution in [2.24, 2.45) is 5.73 Å². The van der Waals surface area contributed by atoms with Gasteiger partial charge in [0, 0.05) is 25.2 Å². The highest BCUT2D eigenvalue weighted by molar-refractivity contribution is 4.85. The molecule has 0 unspecified atom stereocenters. The Kier molecular flexibility index (Phi) is 2.84. The van der Waals surface area contributed by atoms with E-state index in [9.17, 15) is 4.39 Å². The maximum atomic E-state index is 12.9. The van der Waals surface area contributed by atoms with E-state index in [2.05, 4.69) is 4.90 Å². The van der Waals surface area contributed by atoms with Crippen molar-refractivity contribution in [3.63, 3.8) is 0 Å². The van der Waals surface area contributed by atoms with Crippen molar-refractivity contribution in [3.05, 3.63) is 0 Å². The van der Waals surface area contributed by atoms with Crippen LogP contribution in [-0.4, -0.2) is 36.2 Å². The maximum absolute atomic E-state index is 12.9. The second kappa shape index (κ2) is 3.93. The summed E-state index contributed by atoms with van der Waals surface area (Å²) in [5.41, 5.74) is 5.83. The lowest BCUT2D eigenvalue weighted by atomic mass is 9.91. The molecule has 1 atom stereocenters. The van der Waals surface area contributed by atoms with Crippen LogP contribution in [0.3, 0.4) is 0 Å². The lowest BCUT2D eigenvalue weighted by molar-refractivity contribution is 0.170. The first-order valence-corrected chi connectivity index (χ1v) is 5.39. The minimum absolute atomic E-state index is 0.403. The van der Waals surface area contributed by atoms with E-state index in [1.165, 1.54) is 12.8 Å². The van der Waals surface area contributed by atoms with Gasteiger partial charge in [-0.2, -0.15) is 0 Å². The molecule has 0 amide bonds. The summed E-state index contributed by atoms with van der Waals surface area (Å²) in [4.78, 5) is 2.32. The van der Waals surface area contributed by atoms with E-state index in [1.807, 2.05) is 0 Å².